The normalized spacial score (nSPS) is 11.6. The first-order chi connectivity index (χ1) is 13.3. The van der Waals surface area contributed by atoms with E-state index in [1.165, 1.54) is 10.8 Å². The molecule has 3 N–H and O–H groups in total. The SMILES string of the molecule is C(=N\c1nc2ccc(Nc3ccn[nH]3)cc2[nH]1)/c1cccc2ccccc12. The molecule has 0 spiro atoms. The lowest BCUT2D eigenvalue weighted by Crippen LogP contribution is -1.90. The van der Waals surface area contributed by atoms with E-state index in [4.69, 9.17) is 0 Å². The molecule has 0 amide bonds. The number of nitrogens with one attached hydrogen (secondary N) is 3. The van der Waals surface area contributed by atoms with E-state index in [0.717, 1.165) is 28.1 Å². The van der Waals surface area contributed by atoms with E-state index < -0.39 is 0 Å². The minimum Gasteiger partial charge on any atom is -0.341 e. The summed E-state index contributed by atoms with van der Waals surface area (Å²) in [5, 5.41) is 12.4. The van der Waals surface area contributed by atoms with Crippen molar-refractivity contribution in [2.45, 2.75) is 0 Å². The maximum absolute atomic E-state index is 4.54. The number of nitrogens with zero attached hydrogens (tertiary/aromatic N) is 3. The molecule has 130 valence electrons. The van der Waals surface area contributed by atoms with Crippen LogP contribution in [-0.2, 0) is 0 Å². The Morgan fingerprint density at radius 1 is 0.963 bits per heavy atom. The summed E-state index contributed by atoms with van der Waals surface area (Å²) in [6.07, 6.45) is 3.56. The number of aromatic nitrogens is 4. The number of fused-ring (bicyclic) bond motifs is 2. The summed E-state index contributed by atoms with van der Waals surface area (Å²) in [6.45, 7) is 0. The van der Waals surface area contributed by atoms with Crippen LogP contribution in [0.15, 0.2) is 77.9 Å². The lowest BCUT2D eigenvalue weighted by molar-refractivity contribution is 1.09. The van der Waals surface area contributed by atoms with Crippen molar-refractivity contribution < 1.29 is 0 Å². The minimum atomic E-state index is 0.580. The van der Waals surface area contributed by atoms with Gasteiger partial charge in [-0.2, -0.15) is 5.10 Å². The third kappa shape index (κ3) is 3.04. The lowest BCUT2D eigenvalue weighted by atomic mass is 10.1. The molecule has 27 heavy (non-hydrogen) atoms. The Labute approximate surface area is 155 Å². The number of imidazole rings is 1. The van der Waals surface area contributed by atoms with Gasteiger partial charge >= 0.3 is 0 Å². The Morgan fingerprint density at radius 3 is 2.81 bits per heavy atom. The lowest BCUT2D eigenvalue weighted by Gasteiger charge is -2.02. The molecule has 0 aliphatic heterocycles. The fraction of sp³-hybridized carbons (Fsp3) is 0. The van der Waals surface area contributed by atoms with E-state index in [2.05, 4.69) is 54.7 Å². The molecular weight excluding hydrogens is 336 g/mol. The average Bonchev–Trinajstić information content (AvgIpc) is 3.35. The Balaban J connectivity index is 1.45. The number of rotatable bonds is 4. The summed E-state index contributed by atoms with van der Waals surface area (Å²) in [5.41, 5.74) is 3.80. The highest BCUT2D eigenvalue weighted by Crippen LogP contribution is 2.23. The molecule has 0 saturated carbocycles. The van der Waals surface area contributed by atoms with Crippen molar-refractivity contribution >= 4 is 45.5 Å². The van der Waals surface area contributed by atoms with Crippen LogP contribution >= 0.6 is 0 Å². The monoisotopic (exact) mass is 352 g/mol. The topological polar surface area (TPSA) is 81.8 Å². The molecule has 3 aromatic carbocycles. The zero-order valence-electron chi connectivity index (χ0n) is 14.3. The van der Waals surface area contributed by atoms with E-state index >= 15 is 0 Å². The van der Waals surface area contributed by atoms with E-state index in [9.17, 15) is 0 Å². The number of H-pyrrole nitrogens is 2. The van der Waals surface area contributed by atoms with Crippen LogP contribution in [0, 0.1) is 0 Å². The molecular formula is C21H16N6. The van der Waals surface area contributed by atoms with Crippen molar-refractivity contribution in [2.75, 3.05) is 5.32 Å². The maximum Gasteiger partial charge on any atom is 0.227 e. The molecule has 0 bridgehead atoms. The first-order valence-electron chi connectivity index (χ1n) is 8.63. The van der Waals surface area contributed by atoms with Crippen LogP contribution in [0.2, 0.25) is 0 Å². The van der Waals surface area contributed by atoms with Gasteiger partial charge in [0.05, 0.1) is 17.2 Å². The van der Waals surface area contributed by atoms with Crippen LogP contribution < -0.4 is 5.32 Å². The summed E-state index contributed by atoms with van der Waals surface area (Å²) in [6, 6.07) is 22.3. The fourth-order valence-corrected chi connectivity index (χ4v) is 3.11. The number of hydrogen-bond acceptors (Lipinski definition) is 4. The van der Waals surface area contributed by atoms with Crippen molar-refractivity contribution in [1.29, 1.82) is 0 Å². The highest BCUT2D eigenvalue weighted by atomic mass is 15.2. The molecule has 2 heterocycles. The highest BCUT2D eigenvalue weighted by Gasteiger charge is 2.04. The van der Waals surface area contributed by atoms with Crippen molar-refractivity contribution in [2.24, 2.45) is 4.99 Å². The highest BCUT2D eigenvalue weighted by molar-refractivity contribution is 6.00. The molecule has 0 fully saturated rings. The van der Waals surface area contributed by atoms with E-state index in [1.54, 1.807) is 6.20 Å². The van der Waals surface area contributed by atoms with Gasteiger partial charge in [0.25, 0.3) is 0 Å². The van der Waals surface area contributed by atoms with E-state index in [0.29, 0.717) is 5.95 Å². The second-order valence-corrected chi connectivity index (χ2v) is 6.21. The van der Waals surface area contributed by atoms with Crippen molar-refractivity contribution in [3.8, 4) is 0 Å². The number of benzene rings is 3. The Kier molecular flexibility index (Phi) is 3.65. The second kappa shape index (κ2) is 6.42. The summed E-state index contributed by atoms with van der Waals surface area (Å²) < 4.78 is 0. The van der Waals surface area contributed by atoms with Gasteiger partial charge in [0.1, 0.15) is 5.82 Å². The second-order valence-electron chi connectivity index (χ2n) is 6.21. The average molecular weight is 352 g/mol. The molecule has 5 aromatic rings. The van der Waals surface area contributed by atoms with Crippen LogP contribution in [0.25, 0.3) is 21.8 Å². The van der Waals surface area contributed by atoms with E-state index in [1.807, 2.05) is 48.7 Å². The van der Waals surface area contributed by atoms with Crippen molar-refractivity contribution in [3.05, 3.63) is 78.5 Å². The summed E-state index contributed by atoms with van der Waals surface area (Å²) in [7, 11) is 0. The maximum atomic E-state index is 4.54. The third-order valence-corrected chi connectivity index (χ3v) is 4.40. The zero-order chi connectivity index (χ0) is 18.1. The number of hydrogen-bond donors (Lipinski definition) is 3. The Hall–Kier alpha value is -3.93. The zero-order valence-corrected chi connectivity index (χ0v) is 14.3. The third-order valence-electron chi connectivity index (χ3n) is 4.40. The van der Waals surface area contributed by atoms with Gasteiger partial charge in [-0.15, -0.1) is 0 Å². The van der Waals surface area contributed by atoms with Crippen LogP contribution in [-0.4, -0.2) is 26.4 Å². The fourth-order valence-electron chi connectivity index (χ4n) is 3.11. The van der Waals surface area contributed by atoms with Crippen LogP contribution in [0.5, 0.6) is 0 Å². The van der Waals surface area contributed by atoms with Crippen LogP contribution in [0.3, 0.4) is 0 Å². The molecule has 0 aliphatic rings. The largest absolute Gasteiger partial charge is 0.341 e. The van der Waals surface area contributed by atoms with Crippen molar-refractivity contribution in [3.63, 3.8) is 0 Å². The predicted octanol–water partition coefficient (Wildman–Crippen LogP) is 4.93. The van der Waals surface area contributed by atoms with Crippen molar-refractivity contribution in [1.82, 2.24) is 20.2 Å². The van der Waals surface area contributed by atoms with Gasteiger partial charge in [-0.1, -0.05) is 42.5 Å². The van der Waals surface area contributed by atoms with Gasteiger partial charge in [0, 0.05) is 23.5 Å². The summed E-state index contributed by atoms with van der Waals surface area (Å²) in [5.74, 6) is 1.42. The molecule has 0 aliphatic carbocycles. The first kappa shape index (κ1) is 15.3. The van der Waals surface area contributed by atoms with Gasteiger partial charge in [-0.3, -0.25) is 5.10 Å². The molecule has 6 nitrogen and oxygen atoms in total. The van der Waals surface area contributed by atoms with Crippen LogP contribution in [0.1, 0.15) is 5.56 Å². The van der Waals surface area contributed by atoms with Gasteiger partial charge in [0.15, 0.2) is 0 Å². The predicted molar refractivity (Wildman–Crippen MR) is 109 cm³/mol. The Morgan fingerprint density at radius 2 is 1.89 bits per heavy atom. The number of aromatic amines is 2. The number of anilines is 2. The smallest absolute Gasteiger partial charge is 0.227 e. The van der Waals surface area contributed by atoms with E-state index in [-0.39, 0.29) is 0 Å². The standard InChI is InChI=1S/C21H16N6/c1-2-7-17-14(4-1)5-3-6-15(17)13-22-21-25-18-9-8-16(12-19(18)26-21)24-20-10-11-23-27-20/h1-13H,(H,25,26)(H2,23,24,27)/b22-13+. The molecule has 0 unspecified atom stereocenters. The molecule has 0 atom stereocenters. The summed E-state index contributed by atoms with van der Waals surface area (Å²) >= 11 is 0. The molecule has 5 rings (SSSR count). The Bertz CT molecular complexity index is 1250. The quantitative estimate of drug-likeness (QED) is 0.401. The van der Waals surface area contributed by atoms with Gasteiger partial charge in [-0.05, 0) is 29.0 Å². The number of aliphatic imine (C=N–C) groups is 1. The summed E-state index contributed by atoms with van der Waals surface area (Å²) in [4.78, 5) is 12.3. The van der Waals surface area contributed by atoms with Gasteiger partial charge in [0.2, 0.25) is 5.95 Å². The molecule has 0 radical (unpaired) electrons. The minimum absolute atomic E-state index is 0.580. The molecule has 2 aromatic heterocycles. The van der Waals surface area contributed by atoms with Gasteiger partial charge in [-0.25, -0.2) is 9.98 Å². The first-order valence-corrected chi connectivity index (χ1v) is 8.63. The van der Waals surface area contributed by atoms with Gasteiger partial charge < -0.3 is 10.3 Å². The molecule has 6 heteroatoms. The van der Waals surface area contributed by atoms with Crippen LogP contribution in [0.4, 0.5) is 17.5 Å². The molecule has 0 saturated heterocycles.